The minimum Gasteiger partial charge on any atom is -0.393 e. The zero-order chi connectivity index (χ0) is 11.5. The van der Waals surface area contributed by atoms with Gasteiger partial charge in [-0.05, 0) is 43.7 Å². The average molecular weight is 242 g/mol. The number of halogens is 1. The van der Waals surface area contributed by atoms with Gasteiger partial charge in [0.1, 0.15) is 5.82 Å². The maximum absolute atomic E-state index is 9.42. The number of anilines is 1. The Bertz CT molecular complexity index is 372. The lowest BCUT2D eigenvalue weighted by Gasteiger charge is -2.12. The molecule has 2 atom stereocenters. The Morgan fingerprint density at radius 2 is 2.38 bits per heavy atom. The van der Waals surface area contributed by atoms with Crippen LogP contribution in [0.15, 0.2) is 6.20 Å². The van der Waals surface area contributed by atoms with Crippen molar-refractivity contribution in [1.29, 1.82) is 0 Å². The van der Waals surface area contributed by atoms with Gasteiger partial charge in [0.25, 0.3) is 0 Å². The molecule has 2 N–H and O–H groups in total. The van der Waals surface area contributed by atoms with Crippen LogP contribution in [0.25, 0.3) is 0 Å². The van der Waals surface area contributed by atoms with Gasteiger partial charge in [0, 0.05) is 18.3 Å². The topological polar surface area (TPSA) is 58.0 Å². The van der Waals surface area contributed by atoms with Gasteiger partial charge in [-0.15, -0.1) is 0 Å². The van der Waals surface area contributed by atoms with Crippen molar-refractivity contribution in [3.63, 3.8) is 0 Å². The molecule has 1 heterocycles. The van der Waals surface area contributed by atoms with E-state index < -0.39 is 0 Å². The third-order valence-electron chi connectivity index (χ3n) is 3.01. The number of nitrogens with one attached hydrogen (secondary N) is 1. The number of nitrogens with zero attached hydrogens (tertiary/aromatic N) is 2. The van der Waals surface area contributed by atoms with E-state index in [2.05, 4.69) is 15.3 Å². The summed E-state index contributed by atoms with van der Waals surface area (Å²) < 4.78 is 0. The van der Waals surface area contributed by atoms with Crippen LogP contribution in [-0.4, -0.2) is 27.7 Å². The van der Waals surface area contributed by atoms with Crippen LogP contribution < -0.4 is 5.32 Å². The van der Waals surface area contributed by atoms with E-state index in [1.807, 2.05) is 6.92 Å². The molecule has 1 aliphatic carbocycles. The molecule has 0 radical (unpaired) electrons. The van der Waals surface area contributed by atoms with Gasteiger partial charge in [-0.1, -0.05) is 0 Å². The first-order valence-corrected chi connectivity index (χ1v) is 5.94. The molecule has 88 valence electrons. The second-order valence-electron chi connectivity index (χ2n) is 4.38. The molecule has 5 heteroatoms. The van der Waals surface area contributed by atoms with Gasteiger partial charge in [0.05, 0.1) is 6.10 Å². The number of aromatic nitrogens is 2. The minimum atomic E-state index is -0.123. The Labute approximate surface area is 100 Å². The summed E-state index contributed by atoms with van der Waals surface area (Å²) >= 11 is 5.73. The monoisotopic (exact) mass is 241 g/mol. The van der Waals surface area contributed by atoms with E-state index in [1.54, 1.807) is 6.20 Å². The Balaban J connectivity index is 1.91. The Kier molecular flexibility index (Phi) is 3.61. The maximum atomic E-state index is 9.42. The fourth-order valence-electron chi connectivity index (χ4n) is 2.07. The number of hydrogen-bond donors (Lipinski definition) is 2. The Morgan fingerprint density at radius 3 is 3.06 bits per heavy atom. The number of aliphatic hydroxyl groups excluding tert-OH is 1. The second kappa shape index (κ2) is 4.97. The van der Waals surface area contributed by atoms with E-state index in [-0.39, 0.29) is 11.4 Å². The molecule has 2 unspecified atom stereocenters. The van der Waals surface area contributed by atoms with Crippen LogP contribution in [0.5, 0.6) is 0 Å². The van der Waals surface area contributed by atoms with E-state index in [4.69, 9.17) is 11.6 Å². The van der Waals surface area contributed by atoms with Gasteiger partial charge in [0.15, 0.2) is 0 Å². The van der Waals surface area contributed by atoms with Crippen LogP contribution in [0.1, 0.15) is 24.8 Å². The van der Waals surface area contributed by atoms with Crippen LogP contribution in [-0.2, 0) is 0 Å². The van der Waals surface area contributed by atoms with E-state index in [0.717, 1.165) is 37.2 Å². The van der Waals surface area contributed by atoms with Gasteiger partial charge < -0.3 is 10.4 Å². The summed E-state index contributed by atoms with van der Waals surface area (Å²) in [4.78, 5) is 8.04. The lowest BCUT2D eigenvalue weighted by molar-refractivity contribution is 0.178. The van der Waals surface area contributed by atoms with Gasteiger partial charge in [0.2, 0.25) is 5.28 Å². The van der Waals surface area contributed by atoms with Crippen molar-refractivity contribution in [3.05, 3.63) is 17.0 Å². The summed E-state index contributed by atoms with van der Waals surface area (Å²) in [6.07, 6.45) is 4.45. The minimum absolute atomic E-state index is 0.123. The third kappa shape index (κ3) is 2.83. The molecule has 1 aliphatic rings. The lowest BCUT2D eigenvalue weighted by atomic mass is 10.1. The van der Waals surface area contributed by atoms with Crippen LogP contribution >= 0.6 is 11.6 Å². The van der Waals surface area contributed by atoms with Crippen molar-refractivity contribution in [2.75, 3.05) is 11.9 Å². The molecule has 2 rings (SSSR count). The highest BCUT2D eigenvalue weighted by Crippen LogP contribution is 2.25. The molecule has 0 saturated heterocycles. The molecule has 0 bridgehead atoms. The summed E-state index contributed by atoms with van der Waals surface area (Å²) in [5.41, 5.74) is 0.989. The highest BCUT2D eigenvalue weighted by molar-refractivity contribution is 6.28. The molecule has 1 aromatic heterocycles. The lowest BCUT2D eigenvalue weighted by Crippen LogP contribution is -2.14. The smallest absolute Gasteiger partial charge is 0.224 e. The van der Waals surface area contributed by atoms with Gasteiger partial charge in [-0.2, -0.15) is 0 Å². The molecule has 16 heavy (non-hydrogen) atoms. The largest absolute Gasteiger partial charge is 0.393 e. The summed E-state index contributed by atoms with van der Waals surface area (Å²) in [5, 5.41) is 13.0. The quantitative estimate of drug-likeness (QED) is 0.795. The maximum Gasteiger partial charge on any atom is 0.224 e. The normalized spacial score (nSPS) is 24.7. The van der Waals surface area contributed by atoms with Crippen molar-refractivity contribution in [1.82, 2.24) is 9.97 Å². The summed E-state index contributed by atoms with van der Waals surface area (Å²) in [5.74, 6) is 1.32. The van der Waals surface area contributed by atoms with Crippen LogP contribution in [0, 0.1) is 12.8 Å². The second-order valence-corrected chi connectivity index (χ2v) is 4.72. The van der Waals surface area contributed by atoms with E-state index in [9.17, 15) is 5.11 Å². The van der Waals surface area contributed by atoms with Crippen molar-refractivity contribution < 1.29 is 5.11 Å². The molecule has 4 nitrogen and oxygen atoms in total. The van der Waals surface area contributed by atoms with Crippen LogP contribution in [0.4, 0.5) is 5.82 Å². The molecule has 1 saturated carbocycles. The predicted molar refractivity (Wildman–Crippen MR) is 63.6 cm³/mol. The van der Waals surface area contributed by atoms with Crippen molar-refractivity contribution in [2.45, 2.75) is 32.3 Å². The SMILES string of the molecule is Cc1cnc(Cl)nc1NCC1CCC(O)C1. The Morgan fingerprint density at radius 1 is 1.56 bits per heavy atom. The number of rotatable bonds is 3. The van der Waals surface area contributed by atoms with Crippen molar-refractivity contribution in [2.24, 2.45) is 5.92 Å². The van der Waals surface area contributed by atoms with Crippen molar-refractivity contribution in [3.8, 4) is 0 Å². The van der Waals surface area contributed by atoms with Crippen molar-refractivity contribution >= 4 is 17.4 Å². The number of aryl methyl sites for hydroxylation is 1. The van der Waals surface area contributed by atoms with Gasteiger partial charge >= 0.3 is 0 Å². The van der Waals surface area contributed by atoms with E-state index >= 15 is 0 Å². The van der Waals surface area contributed by atoms with Gasteiger partial charge in [-0.3, -0.25) is 0 Å². The highest BCUT2D eigenvalue weighted by Gasteiger charge is 2.22. The molecule has 0 amide bonds. The zero-order valence-electron chi connectivity index (χ0n) is 9.28. The van der Waals surface area contributed by atoms with Gasteiger partial charge in [-0.25, -0.2) is 9.97 Å². The molecular formula is C11H16ClN3O. The number of hydrogen-bond acceptors (Lipinski definition) is 4. The first-order chi connectivity index (χ1) is 7.65. The highest BCUT2D eigenvalue weighted by atomic mass is 35.5. The molecule has 0 aromatic carbocycles. The first kappa shape index (κ1) is 11.6. The number of aliphatic hydroxyl groups is 1. The predicted octanol–water partition coefficient (Wildman–Crippen LogP) is 2.01. The van der Waals surface area contributed by atoms with E-state index in [0.29, 0.717) is 5.92 Å². The summed E-state index contributed by atoms with van der Waals surface area (Å²) in [7, 11) is 0. The summed E-state index contributed by atoms with van der Waals surface area (Å²) in [6.45, 7) is 2.79. The van der Waals surface area contributed by atoms with Crippen LogP contribution in [0.2, 0.25) is 5.28 Å². The molecule has 0 spiro atoms. The third-order valence-corrected chi connectivity index (χ3v) is 3.20. The fourth-order valence-corrected chi connectivity index (χ4v) is 2.21. The molecule has 1 fully saturated rings. The zero-order valence-corrected chi connectivity index (χ0v) is 10.0. The Hall–Kier alpha value is -0.870. The summed E-state index contributed by atoms with van der Waals surface area (Å²) in [6, 6.07) is 0. The van der Waals surface area contributed by atoms with E-state index in [1.165, 1.54) is 0 Å². The fraction of sp³-hybridized carbons (Fsp3) is 0.636. The standard InChI is InChI=1S/C11H16ClN3O/c1-7-5-14-11(12)15-10(7)13-6-8-2-3-9(16)4-8/h5,8-9,16H,2-4,6H2,1H3,(H,13,14,15). The first-order valence-electron chi connectivity index (χ1n) is 5.56. The molecule has 0 aliphatic heterocycles. The van der Waals surface area contributed by atoms with Crippen LogP contribution in [0.3, 0.4) is 0 Å². The molecule has 1 aromatic rings. The molecular weight excluding hydrogens is 226 g/mol. The average Bonchev–Trinajstić information content (AvgIpc) is 2.66.